The van der Waals surface area contributed by atoms with Crippen molar-refractivity contribution in [3.05, 3.63) is 29.9 Å². The Morgan fingerprint density at radius 3 is 2.17 bits per heavy atom. The largest absolute Gasteiger partial charge is 0.294 e. The molecule has 3 heteroatoms. The van der Waals surface area contributed by atoms with Crippen LogP contribution in [0.1, 0.15) is 11.7 Å². The first-order valence-corrected chi connectivity index (χ1v) is 3.81. The molecule has 0 aromatic carbocycles. The summed E-state index contributed by atoms with van der Waals surface area (Å²) >= 11 is 0. The first-order valence-electron chi connectivity index (χ1n) is 3.81. The average molecular weight is 165 g/mol. The van der Waals surface area contributed by atoms with Gasteiger partial charge in [-0.1, -0.05) is 0 Å². The third kappa shape index (κ3) is 1.81. The van der Waals surface area contributed by atoms with E-state index in [1.807, 2.05) is 30.8 Å². The molecule has 0 saturated carbocycles. The molecule has 0 fully saturated rings. The standard InChI is InChI=1S/C9H13N2O/c1-8(12)11-6-4-9(5-7-11)10(2)3/h4-7H,1-3H3/q+1. The second-order valence-electron chi connectivity index (χ2n) is 2.88. The first-order chi connectivity index (χ1) is 5.61. The summed E-state index contributed by atoms with van der Waals surface area (Å²) in [7, 11) is 3.93. The van der Waals surface area contributed by atoms with Gasteiger partial charge in [0.2, 0.25) is 11.3 Å². The van der Waals surface area contributed by atoms with E-state index in [4.69, 9.17) is 0 Å². The van der Waals surface area contributed by atoms with Crippen LogP contribution >= 0.6 is 0 Å². The minimum absolute atomic E-state index is 0.0281. The second-order valence-corrected chi connectivity index (χ2v) is 2.88. The summed E-state index contributed by atoms with van der Waals surface area (Å²) in [4.78, 5) is 10.9. The zero-order valence-corrected chi connectivity index (χ0v) is 7.61. The molecule has 64 valence electrons. The SMILES string of the molecule is CC(=O)n1ccc(=[N+](C)C)cc1. The zero-order chi connectivity index (χ0) is 9.14. The molecule has 12 heavy (non-hydrogen) atoms. The number of rotatable bonds is 0. The van der Waals surface area contributed by atoms with Gasteiger partial charge in [-0.3, -0.25) is 9.36 Å². The quantitative estimate of drug-likeness (QED) is 0.503. The van der Waals surface area contributed by atoms with Crippen molar-refractivity contribution in [1.82, 2.24) is 9.14 Å². The van der Waals surface area contributed by atoms with Gasteiger partial charge >= 0.3 is 0 Å². The van der Waals surface area contributed by atoms with Crippen LogP contribution in [-0.4, -0.2) is 24.6 Å². The van der Waals surface area contributed by atoms with Gasteiger partial charge in [0, 0.05) is 31.5 Å². The summed E-state index contributed by atoms with van der Waals surface area (Å²) < 4.78 is 3.54. The third-order valence-electron chi connectivity index (χ3n) is 1.69. The highest BCUT2D eigenvalue weighted by molar-refractivity contribution is 5.75. The molecule has 0 spiro atoms. The second kappa shape index (κ2) is 3.34. The molecule has 0 N–H and O–H groups in total. The van der Waals surface area contributed by atoms with Gasteiger partial charge in [0.25, 0.3) is 0 Å². The van der Waals surface area contributed by atoms with Gasteiger partial charge in [-0.2, -0.15) is 0 Å². The molecule has 0 amide bonds. The van der Waals surface area contributed by atoms with Gasteiger partial charge in [-0.15, -0.1) is 0 Å². The van der Waals surface area contributed by atoms with Crippen LogP contribution in [0.5, 0.6) is 0 Å². The third-order valence-corrected chi connectivity index (χ3v) is 1.69. The van der Waals surface area contributed by atoms with Gasteiger partial charge in [0.1, 0.15) is 14.1 Å². The van der Waals surface area contributed by atoms with Crippen molar-refractivity contribution in [2.75, 3.05) is 14.1 Å². The van der Waals surface area contributed by atoms with Crippen LogP contribution in [0.15, 0.2) is 24.5 Å². The molecular formula is C9H13N2O+. The Bertz CT molecular complexity index is 339. The van der Waals surface area contributed by atoms with Crippen LogP contribution in [0.4, 0.5) is 0 Å². The lowest BCUT2D eigenvalue weighted by Gasteiger charge is -1.97. The number of hydrogen-bond donors (Lipinski definition) is 0. The fourth-order valence-corrected chi connectivity index (χ4v) is 0.927. The van der Waals surface area contributed by atoms with E-state index < -0.39 is 0 Å². The normalized spacial score (nSPS) is 9.58. The van der Waals surface area contributed by atoms with E-state index in [1.165, 1.54) is 6.92 Å². The number of carbonyl (C=O) groups is 1. The number of hydrogen-bond acceptors (Lipinski definition) is 1. The van der Waals surface area contributed by atoms with E-state index in [-0.39, 0.29) is 5.91 Å². The molecule has 0 bridgehead atoms. The molecule has 0 atom stereocenters. The molecule has 1 heterocycles. The van der Waals surface area contributed by atoms with Gasteiger partial charge in [0.15, 0.2) is 0 Å². The van der Waals surface area contributed by atoms with Crippen molar-refractivity contribution in [3.63, 3.8) is 0 Å². The van der Waals surface area contributed by atoms with Crippen LogP contribution in [-0.2, 0) is 0 Å². The molecular weight excluding hydrogens is 152 g/mol. The molecule has 1 rings (SSSR count). The Morgan fingerprint density at radius 2 is 1.83 bits per heavy atom. The molecule has 0 aliphatic carbocycles. The average Bonchev–Trinajstić information content (AvgIpc) is 2.04. The van der Waals surface area contributed by atoms with E-state index in [0.29, 0.717) is 0 Å². The molecule has 0 aliphatic heterocycles. The summed E-state index contributed by atoms with van der Waals surface area (Å²) in [5.74, 6) is 0.0281. The van der Waals surface area contributed by atoms with Crippen molar-refractivity contribution in [3.8, 4) is 0 Å². The number of carbonyl (C=O) groups excluding carboxylic acids is 1. The Morgan fingerprint density at radius 1 is 1.33 bits per heavy atom. The predicted molar refractivity (Wildman–Crippen MR) is 47.8 cm³/mol. The number of pyridine rings is 1. The van der Waals surface area contributed by atoms with Gasteiger partial charge in [-0.25, -0.2) is 4.58 Å². The van der Waals surface area contributed by atoms with E-state index in [9.17, 15) is 4.79 Å². The minimum atomic E-state index is 0.0281. The number of nitrogens with zero attached hydrogens (tertiary/aromatic N) is 2. The molecule has 1 aromatic heterocycles. The minimum Gasteiger partial charge on any atom is -0.294 e. The van der Waals surface area contributed by atoms with Crippen LogP contribution in [0.3, 0.4) is 0 Å². The van der Waals surface area contributed by atoms with E-state index in [0.717, 1.165) is 5.36 Å². The smallest absolute Gasteiger partial charge is 0.227 e. The van der Waals surface area contributed by atoms with E-state index in [1.54, 1.807) is 17.0 Å². The highest BCUT2D eigenvalue weighted by Gasteiger charge is 1.94. The molecule has 3 nitrogen and oxygen atoms in total. The maximum Gasteiger partial charge on any atom is 0.227 e. The van der Waals surface area contributed by atoms with E-state index in [2.05, 4.69) is 0 Å². The summed E-state index contributed by atoms with van der Waals surface area (Å²) in [6.07, 6.45) is 3.52. The van der Waals surface area contributed by atoms with Crippen LogP contribution in [0.2, 0.25) is 0 Å². The highest BCUT2D eigenvalue weighted by atomic mass is 16.1. The molecule has 0 aliphatic rings. The van der Waals surface area contributed by atoms with Crippen LogP contribution in [0, 0.1) is 0 Å². The Kier molecular flexibility index (Phi) is 2.43. The summed E-state index contributed by atoms with van der Waals surface area (Å²) in [6.45, 7) is 1.54. The van der Waals surface area contributed by atoms with Gasteiger partial charge < -0.3 is 0 Å². The van der Waals surface area contributed by atoms with Crippen molar-refractivity contribution in [1.29, 1.82) is 0 Å². The van der Waals surface area contributed by atoms with Gasteiger partial charge in [0.05, 0.1) is 0 Å². The monoisotopic (exact) mass is 165 g/mol. The fourth-order valence-electron chi connectivity index (χ4n) is 0.927. The molecule has 0 saturated heterocycles. The van der Waals surface area contributed by atoms with Crippen molar-refractivity contribution < 1.29 is 4.79 Å². The summed E-state index contributed by atoms with van der Waals surface area (Å²) in [5.41, 5.74) is 0. The number of aromatic nitrogens is 1. The van der Waals surface area contributed by atoms with Crippen molar-refractivity contribution >= 4 is 5.91 Å². The lowest BCUT2D eigenvalue weighted by atomic mass is 10.4. The summed E-state index contributed by atoms with van der Waals surface area (Å²) in [5, 5.41) is 1.09. The van der Waals surface area contributed by atoms with Crippen molar-refractivity contribution in [2.24, 2.45) is 0 Å². The Hall–Kier alpha value is -1.38. The van der Waals surface area contributed by atoms with Crippen LogP contribution < -0.4 is 9.93 Å². The lowest BCUT2D eigenvalue weighted by molar-refractivity contribution is 0.0935. The molecule has 0 unspecified atom stereocenters. The zero-order valence-electron chi connectivity index (χ0n) is 7.61. The lowest BCUT2D eigenvalue weighted by Crippen LogP contribution is -2.22. The van der Waals surface area contributed by atoms with Crippen LogP contribution in [0.25, 0.3) is 0 Å². The summed E-state index contributed by atoms with van der Waals surface area (Å²) in [6, 6.07) is 3.81. The first kappa shape index (κ1) is 8.71. The Labute approximate surface area is 71.6 Å². The highest BCUT2D eigenvalue weighted by Crippen LogP contribution is 1.82. The molecule has 1 aromatic rings. The van der Waals surface area contributed by atoms with Crippen molar-refractivity contribution in [2.45, 2.75) is 6.92 Å². The topological polar surface area (TPSA) is 25.0 Å². The fraction of sp³-hybridized carbons (Fsp3) is 0.333. The predicted octanol–water partition coefficient (Wildman–Crippen LogP) is 0.180. The van der Waals surface area contributed by atoms with Gasteiger partial charge in [-0.05, 0) is 0 Å². The maximum absolute atomic E-state index is 10.9. The maximum atomic E-state index is 10.9. The van der Waals surface area contributed by atoms with E-state index >= 15 is 0 Å². The molecule has 0 radical (unpaired) electrons. The Balaban J connectivity index is 3.19.